The molecule has 37 heavy (non-hydrogen) atoms. The summed E-state index contributed by atoms with van der Waals surface area (Å²) in [6, 6.07) is 12.0. The fraction of sp³-hybridized carbons (Fsp3) is 0.407. The van der Waals surface area contributed by atoms with Crippen LogP contribution in [0.15, 0.2) is 42.5 Å². The fourth-order valence-electron chi connectivity index (χ4n) is 4.38. The summed E-state index contributed by atoms with van der Waals surface area (Å²) in [5, 5.41) is 17.2. The maximum absolute atomic E-state index is 12.5. The first-order chi connectivity index (χ1) is 17.4. The number of benzene rings is 2. The molecule has 2 atom stereocenters. The van der Waals surface area contributed by atoms with Crippen molar-refractivity contribution in [2.45, 2.75) is 58.7 Å². The Morgan fingerprint density at radius 1 is 1.00 bits per heavy atom. The molecular weight excluding hydrogens is 476 g/mol. The van der Waals surface area contributed by atoms with E-state index in [1.54, 1.807) is 37.8 Å². The maximum atomic E-state index is 12.5. The minimum Gasteiger partial charge on any atom is -0.465 e. The van der Waals surface area contributed by atoms with Gasteiger partial charge in [0.25, 0.3) is 5.91 Å². The number of carboxylic acid groups (broad SMARTS) is 1. The van der Waals surface area contributed by atoms with Crippen LogP contribution in [0.5, 0.6) is 0 Å². The summed E-state index contributed by atoms with van der Waals surface area (Å²) in [6.07, 6.45) is -1.20. The first-order valence-corrected chi connectivity index (χ1v) is 12.1. The Bertz CT molecular complexity index is 1170. The molecule has 0 bridgehead atoms. The van der Waals surface area contributed by atoms with Crippen molar-refractivity contribution in [2.24, 2.45) is 0 Å². The van der Waals surface area contributed by atoms with E-state index < -0.39 is 23.8 Å². The monoisotopic (exact) mass is 510 g/mol. The molecule has 1 aliphatic rings. The second-order valence-corrected chi connectivity index (χ2v) is 10.0. The smallest absolute Gasteiger partial charge is 0.407 e. The highest BCUT2D eigenvalue weighted by Crippen LogP contribution is 2.39. The summed E-state index contributed by atoms with van der Waals surface area (Å²) < 4.78 is 5.15. The maximum Gasteiger partial charge on any atom is 0.407 e. The Balaban J connectivity index is 1.69. The molecule has 1 aliphatic heterocycles. The van der Waals surface area contributed by atoms with Gasteiger partial charge in [-0.1, -0.05) is 18.2 Å². The number of alkyl carbamates (subject to hydrolysis) is 1. The zero-order valence-corrected chi connectivity index (χ0v) is 21.8. The van der Waals surface area contributed by atoms with Crippen molar-refractivity contribution in [3.05, 3.63) is 53.6 Å². The Morgan fingerprint density at radius 2 is 1.62 bits per heavy atom. The predicted molar refractivity (Wildman–Crippen MR) is 140 cm³/mol. The Kier molecular flexibility index (Phi) is 8.42. The van der Waals surface area contributed by atoms with Gasteiger partial charge in [-0.25, -0.2) is 9.59 Å². The third-order valence-electron chi connectivity index (χ3n) is 5.88. The van der Waals surface area contributed by atoms with Gasteiger partial charge >= 0.3 is 12.2 Å². The number of fused-ring (bicyclic) bond motifs is 1. The molecule has 0 fully saturated rings. The normalized spacial score (nSPS) is 16.8. The van der Waals surface area contributed by atoms with Gasteiger partial charge in [0.1, 0.15) is 5.60 Å². The molecule has 0 radical (unpaired) electrons. The Morgan fingerprint density at radius 3 is 2.22 bits per heavy atom. The molecule has 0 saturated heterocycles. The lowest BCUT2D eigenvalue weighted by Gasteiger charge is -2.39. The third kappa shape index (κ3) is 7.22. The lowest BCUT2D eigenvalue weighted by atomic mass is 9.89. The van der Waals surface area contributed by atoms with E-state index in [1.165, 1.54) is 6.92 Å². The Labute approximate surface area is 216 Å². The molecule has 2 aromatic rings. The number of nitrogens with one attached hydrogen (secondary N) is 3. The van der Waals surface area contributed by atoms with E-state index in [0.717, 1.165) is 16.7 Å². The van der Waals surface area contributed by atoms with Crippen LogP contribution in [-0.4, -0.2) is 53.8 Å². The zero-order chi connectivity index (χ0) is 27.3. The van der Waals surface area contributed by atoms with Crippen LogP contribution < -0.4 is 20.9 Å². The first kappa shape index (κ1) is 27.5. The lowest BCUT2D eigenvalue weighted by Crippen LogP contribution is -2.45. The molecule has 0 saturated carbocycles. The number of ether oxygens (including phenoxy) is 1. The van der Waals surface area contributed by atoms with Crippen LogP contribution >= 0.6 is 0 Å². The average molecular weight is 511 g/mol. The molecule has 1 heterocycles. The van der Waals surface area contributed by atoms with E-state index >= 15 is 0 Å². The predicted octanol–water partition coefficient (Wildman–Crippen LogP) is 4.06. The molecule has 0 unspecified atom stereocenters. The molecule has 10 heteroatoms. The second kappa shape index (κ2) is 11.3. The number of carbonyl (C=O) groups is 4. The van der Waals surface area contributed by atoms with Crippen LogP contribution in [0.25, 0.3) is 11.1 Å². The molecule has 3 rings (SSSR count). The molecule has 0 aliphatic carbocycles. The number of nitrogens with zero attached hydrogens (tertiary/aromatic N) is 1. The van der Waals surface area contributed by atoms with E-state index in [2.05, 4.69) is 16.0 Å². The number of rotatable bonds is 6. The van der Waals surface area contributed by atoms with E-state index in [-0.39, 0.29) is 30.9 Å². The van der Waals surface area contributed by atoms with E-state index in [9.17, 15) is 24.3 Å². The summed E-state index contributed by atoms with van der Waals surface area (Å²) in [6.45, 7) is 9.18. The van der Waals surface area contributed by atoms with Crippen LogP contribution in [0, 0.1) is 0 Å². The summed E-state index contributed by atoms with van der Waals surface area (Å²) in [5.74, 6) is -0.383. The summed E-state index contributed by atoms with van der Waals surface area (Å²) in [7, 11) is 0. The average Bonchev–Trinajstić information content (AvgIpc) is 2.80. The van der Waals surface area contributed by atoms with Gasteiger partial charge in [-0.3, -0.25) is 9.59 Å². The molecule has 4 N–H and O–H groups in total. The van der Waals surface area contributed by atoms with Crippen molar-refractivity contribution in [1.29, 1.82) is 0 Å². The van der Waals surface area contributed by atoms with Crippen molar-refractivity contribution < 1.29 is 29.0 Å². The van der Waals surface area contributed by atoms with Crippen molar-refractivity contribution in [1.82, 2.24) is 16.0 Å². The van der Waals surface area contributed by atoms with Gasteiger partial charge < -0.3 is 30.7 Å². The number of hydrogen-bond donors (Lipinski definition) is 4. The number of hydrogen-bond acceptors (Lipinski definition) is 5. The quantitative estimate of drug-likeness (QED) is 0.433. The van der Waals surface area contributed by atoms with Gasteiger partial charge in [0, 0.05) is 37.3 Å². The molecule has 0 aromatic heterocycles. The standard InChI is InChI=1S/C27H34N4O6/c1-16-14-22(30-25(34)35)21-15-20(10-11-23(21)31(16)17(2)32)18-6-8-19(9-7-18)24(33)28-12-13-29-26(36)37-27(3,4)5/h6-11,15-16,22,30H,12-14H2,1-5H3,(H,28,33)(H,29,36)(H,34,35)/t16-,22+/m0/s1. The van der Waals surface area contributed by atoms with Crippen LogP contribution in [0.2, 0.25) is 0 Å². The third-order valence-corrected chi connectivity index (χ3v) is 5.88. The topological polar surface area (TPSA) is 137 Å². The fourth-order valence-corrected chi connectivity index (χ4v) is 4.38. The van der Waals surface area contributed by atoms with Gasteiger partial charge in [0.15, 0.2) is 0 Å². The van der Waals surface area contributed by atoms with Crippen LogP contribution in [0.3, 0.4) is 0 Å². The molecule has 10 nitrogen and oxygen atoms in total. The molecule has 198 valence electrons. The minimum atomic E-state index is -1.12. The molecule has 0 spiro atoms. The van der Waals surface area contributed by atoms with Gasteiger partial charge in [0.05, 0.1) is 6.04 Å². The van der Waals surface area contributed by atoms with Crippen molar-refractivity contribution in [3.8, 4) is 11.1 Å². The van der Waals surface area contributed by atoms with E-state index in [0.29, 0.717) is 17.7 Å². The highest BCUT2D eigenvalue weighted by Gasteiger charge is 2.33. The Hall–Kier alpha value is -4.08. The lowest BCUT2D eigenvalue weighted by molar-refractivity contribution is -0.117. The largest absolute Gasteiger partial charge is 0.465 e. The van der Waals surface area contributed by atoms with Crippen LogP contribution in [-0.2, 0) is 9.53 Å². The van der Waals surface area contributed by atoms with Gasteiger partial charge in [-0.15, -0.1) is 0 Å². The van der Waals surface area contributed by atoms with Crippen LogP contribution in [0.1, 0.15) is 63.0 Å². The molecule has 4 amide bonds. The SMILES string of the molecule is CC(=O)N1c2ccc(-c3ccc(C(=O)NCCNC(=O)OC(C)(C)C)cc3)cc2[C@H](NC(=O)O)C[C@@H]1C. The van der Waals surface area contributed by atoms with E-state index in [1.807, 2.05) is 37.3 Å². The number of anilines is 1. The van der Waals surface area contributed by atoms with Crippen molar-refractivity contribution >= 4 is 29.7 Å². The van der Waals surface area contributed by atoms with Gasteiger partial charge in [0.2, 0.25) is 5.91 Å². The molecule has 2 aromatic carbocycles. The van der Waals surface area contributed by atoms with Crippen molar-refractivity contribution in [2.75, 3.05) is 18.0 Å². The zero-order valence-electron chi connectivity index (χ0n) is 21.8. The summed E-state index contributed by atoms with van der Waals surface area (Å²) in [5.41, 5.74) is 2.96. The molecular formula is C27H34N4O6. The van der Waals surface area contributed by atoms with Gasteiger partial charge in [-0.05, 0) is 75.1 Å². The minimum absolute atomic E-state index is 0.105. The van der Waals surface area contributed by atoms with Gasteiger partial charge in [-0.2, -0.15) is 0 Å². The highest BCUT2D eigenvalue weighted by molar-refractivity contribution is 5.95. The first-order valence-electron chi connectivity index (χ1n) is 12.1. The number of carbonyl (C=O) groups excluding carboxylic acids is 3. The van der Waals surface area contributed by atoms with E-state index in [4.69, 9.17) is 4.74 Å². The number of amides is 4. The van der Waals surface area contributed by atoms with Crippen LogP contribution in [0.4, 0.5) is 15.3 Å². The summed E-state index contributed by atoms with van der Waals surface area (Å²) in [4.78, 5) is 49.5. The second-order valence-electron chi connectivity index (χ2n) is 10.0. The highest BCUT2D eigenvalue weighted by atomic mass is 16.6. The summed E-state index contributed by atoms with van der Waals surface area (Å²) >= 11 is 0. The van der Waals surface area contributed by atoms with Crippen molar-refractivity contribution in [3.63, 3.8) is 0 Å².